The molecule has 4 rings (SSSR count). The molecule has 0 bridgehead atoms. The molecule has 1 aliphatic carbocycles. The Morgan fingerprint density at radius 2 is 2.17 bits per heavy atom. The van der Waals surface area contributed by atoms with Gasteiger partial charge in [-0.3, -0.25) is 9.78 Å². The van der Waals surface area contributed by atoms with E-state index in [1.54, 1.807) is 10.7 Å². The second kappa shape index (κ2) is 5.31. The van der Waals surface area contributed by atoms with Gasteiger partial charge in [0.1, 0.15) is 0 Å². The summed E-state index contributed by atoms with van der Waals surface area (Å²) in [5, 5.41) is 4.80. The second-order valence-corrected chi connectivity index (χ2v) is 6.92. The molecule has 0 radical (unpaired) electrons. The number of imidazole rings is 1. The lowest BCUT2D eigenvalue weighted by Gasteiger charge is -2.08. The van der Waals surface area contributed by atoms with E-state index in [9.17, 15) is 9.59 Å². The maximum absolute atomic E-state index is 12.1. The van der Waals surface area contributed by atoms with E-state index < -0.39 is 11.2 Å². The molecule has 0 unspecified atom stereocenters. The molecule has 1 saturated carbocycles. The highest BCUT2D eigenvalue weighted by atomic mass is 35.5. The first-order valence-corrected chi connectivity index (χ1v) is 8.20. The average molecular weight is 346 g/mol. The lowest BCUT2D eigenvalue weighted by molar-refractivity contribution is 0.549. The topological polar surface area (TPSA) is 95.9 Å². The summed E-state index contributed by atoms with van der Waals surface area (Å²) in [6.07, 6.45) is 4.01. The maximum atomic E-state index is 12.1. The highest BCUT2D eigenvalue weighted by Gasteiger charge is 2.42. The van der Waals surface area contributed by atoms with Gasteiger partial charge in [-0.25, -0.2) is 14.3 Å². The lowest BCUT2D eigenvalue weighted by atomic mass is 10.0. The fraction of sp³-hybridized carbons (Fsp3) is 0.375. The van der Waals surface area contributed by atoms with Crippen LogP contribution in [0.3, 0.4) is 0 Å². The highest BCUT2D eigenvalue weighted by molar-refractivity contribution is 6.29. The van der Waals surface area contributed by atoms with Gasteiger partial charge in [0.05, 0.1) is 17.5 Å². The van der Waals surface area contributed by atoms with Crippen LogP contribution < -0.4 is 11.2 Å². The van der Waals surface area contributed by atoms with Crippen molar-refractivity contribution in [3.05, 3.63) is 50.0 Å². The number of fused-ring (bicyclic) bond motifs is 1. The van der Waals surface area contributed by atoms with Crippen LogP contribution in [0.2, 0.25) is 5.15 Å². The third kappa shape index (κ3) is 2.36. The van der Waals surface area contributed by atoms with Crippen LogP contribution in [0.25, 0.3) is 16.9 Å². The molecule has 124 valence electrons. The summed E-state index contributed by atoms with van der Waals surface area (Å²) in [7, 11) is 0. The van der Waals surface area contributed by atoms with Crippen molar-refractivity contribution in [3.8, 4) is 11.3 Å². The Morgan fingerprint density at radius 1 is 1.38 bits per heavy atom. The second-order valence-electron chi connectivity index (χ2n) is 6.54. The highest BCUT2D eigenvalue weighted by Crippen LogP contribution is 2.52. The quantitative estimate of drug-likeness (QED) is 0.760. The molecule has 24 heavy (non-hydrogen) atoms. The third-order valence-corrected chi connectivity index (χ3v) is 4.90. The van der Waals surface area contributed by atoms with Crippen molar-refractivity contribution in [3.63, 3.8) is 0 Å². The number of nitrogens with zero attached hydrogens (tertiary/aromatic N) is 3. The molecule has 3 aromatic heterocycles. The van der Waals surface area contributed by atoms with Crippen LogP contribution in [0.15, 0.2) is 28.0 Å². The lowest BCUT2D eigenvalue weighted by Crippen LogP contribution is -2.23. The van der Waals surface area contributed by atoms with Gasteiger partial charge in [-0.15, -0.1) is 0 Å². The number of H-pyrrole nitrogens is 2. The summed E-state index contributed by atoms with van der Waals surface area (Å²) in [4.78, 5) is 32.4. The zero-order chi connectivity index (χ0) is 17.0. The van der Waals surface area contributed by atoms with Gasteiger partial charge in [0.2, 0.25) is 0 Å². The van der Waals surface area contributed by atoms with Crippen LogP contribution in [0.1, 0.15) is 31.7 Å². The van der Waals surface area contributed by atoms with Crippen LogP contribution in [0.4, 0.5) is 0 Å². The third-order valence-electron chi connectivity index (χ3n) is 4.65. The Kier molecular flexibility index (Phi) is 3.35. The molecule has 7 nitrogen and oxygen atoms in total. The molecule has 0 saturated heterocycles. The van der Waals surface area contributed by atoms with Crippen molar-refractivity contribution in [2.75, 3.05) is 0 Å². The van der Waals surface area contributed by atoms with Crippen molar-refractivity contribution in [2.24, 2.45) is 11.8 Å². The Hall–Kier alpha value is -2.41. The number of aromatic amines is 2. The minimum absolute atomic E-state index is 0.296. The molecule has 3 heterocycles. The normalized spacial score (nSPS) is 20.0. The van der Waals surface area contributed by atoms with E-state index in [2.05, 4.69) is 33.9 Å². The van der Waals surface area contributed by atoms with Gasteiger partial charge in [-0.2, -0.15) is 5.10 Å². The number of rotatable bonds is 3. The Balaban J connectivity index is 1.93. The summed E-state index contributed by atoms with van der Waals surface area (Å²) in [5.74, 6) is 1.55. The van der Waals surface area contributed by atoms with Crippen LogP contribution in [-0.4, -0.2) is 24.6 Å². The van der Waals surface area contributed by atoms with Crippen molar-refractivity contribution in [1.82, 2.24) is 24.6 Å². The molecular formula is C16H16ClN5O2. The fourth-order valence-electron chi connectivity index (χ4n) is 3.28. The summed E-state index contributed by atoms with van der Waals surface area (Å²) in [6.45, 7) is 4.41. The van der Waals surface area contributed by atoms with Crippen LogP contribution >= 0.6 is 11.6 Å². The van der Waals surface area contributed by atoms with Crippen LogP contribution in [0.5, 0.6) is 0 Å². The van der Waals surface area contributed by atoms with Gasteiger partial charge in [0.25, 0.3) is 5.56 Å². The Morgan fingerprint density at radius 3 is 2.83 bits per heavy atom. The van der Waals surface area contributed by atoms with Gasteiger partial charge >= 0.3 is 5.69 Å². The Bertz CT molecular complexity index is 1050. The molecule has 8 heteroatoms. The number of nitrogens with one attached hydrogen (secondary N) is 2. The van der Waals surface area contributed by atoms with E-state index in [4.69, 9.17) is 11.6 Å². The summed E-state index contributed by atoms with van der Waals surface area (Å²) < 4.78 is 1.55. The van der Waals surface area contributed by atoms with Gasteiger partial charge in [-0.05, 0) is 30.2 Å². The van der Waals surface area contributed by atoms with E-state index in [1.165, 1.54) is 6.20 Å². The summed E-state index contributed by atoms with van der Waals surface area (Å²) >= 11 is 6.19. The van der Waals surface area contributed by atoms with Gasteiger partial charge < -0.3 is 4.98 Å². The molecule has 0 aromatic carbocycles. The minimum Gasteiger partial charge on any atom is -0.313 e. The van der Waals surface area contributed by atoms with Crippen molar-refractivity contribution < 1.29 is 0 Å². The SMILES string of the molecule is CC(C)[C@H]1C[C@@H]1c1cc(-c2c[nH]c(=O)[nH]c2=O)nn2c(Cl)cnc12. The van der Waals surface area contributed by atoms with E-state index in [-0.39, 0.29) is 0 Å². The van der Waals surface area contributed by atoms with E-state index in [1.807, 2.05) is 6.07 Å². The van der Waals surface area contributed by atoms with Gasteiger partial charge in [-0.1, -0.05) is 25.4 Å². The van der Waals surface area contributed by atoms with Crippen molar-refractivity contribution in [1.29, 1.82) is 0 Å². The largest absolute Gasteiger partial charge is 0.325 e. The zero-order valence-electron chi connectivity index (χ0n) is 13.2. The number of aromatic nitrogens is 5. The summed E-state index contributed by atoms with van der Waals surface area (Å²) in [5.41, 5.74) is 1.49. The molecular weight excluding hydrogens is 330 g/mol. The molecule has 0 spiro atoms. The first kappa shape index (κ1) is 15.1. The van der Waals surface area contributed by atoms with Gasteiger partial charge in [0, 0.05) is 11.8 Å². The number of hydrogen-bond donors (Lipinski definition) is 2. The molecule has 0 aliphatic heterocycles. The van der Waals surface area contributed by atoms with Crippen LogP contribution in [0, 0.1) is 11.8 Å². The average Bonchev–Trinajstić information content (AvgIpc) is 3.25. The molecule has 0 amide bonds. The monoisotopic (exact) mass is 345 g/mol. The summed E-state index contributed by atoms with van der Waals surface area (Å²) in [6, 6.07) is 1.88. The fourth-order valence-corrected chi connectivity index (χ4v) is 3.45. The van der Waals surface area contributed by atoms with Gasteiger partial charge in [0.15, 0.2) is 10.8 Å². The van der Waals surface area contributed by atoms with Crippen molar-refractivity contribution >= 4 is 17.2 Å². The van der Waals surface area contributed by atoms with E-state index in [0.717, 1.165) is 17.6 Å². The molecule has 2 atom stereocenters. The molecule has 3 aromatic rings. The maximum Gasteiger partial charge on any atom is 0.325 e. The Labute approximate surface area is 141 Å². The molecule has 1 fully saturated rings. The zero-order valence-corrected chi connectivity index (χ0v) is 14.0. The van der Waals surface area contributed by atoms with E-state index in [0.29, 0.717) is 34.2 Å². The first-order valence-electron chi connectivity index (χ1n) is 7.82. The molecule has 2 N–H and O–H groups in total. The first-order chi connectivity index (χ1) is 11.5. The van der Waals surface area contributed by atoms with E-state index >= 15 is 0 Å². The minimum atomic E-state index is -0.548. The predicted octanol–water partition coefficient (Wildman–Crippen LogP) is 2.19. The van der Waals surface area contributed by atoms with Crippen molar-refractivity contribution in [2.45, 2.75) is 26.2 Å². The number of halogens is 1. The van der Waals surface area contributed by atoms with Crippen LogP contribution in [-0.2, 0) is 0 Å². The standard InChI is InChI=1S/C16H16ClN5O2/c1-7(2)8-3-9(8)10-4-12(11-5-19-16(24)20-15(11)23)21-22-13(17)6-18-14(10)22/h4-9H,3H2,1-2H3,(H2,19,20,23,24)/t8-,9+/m1/s1. The molecule has 1 aliphatic rings. The smallest absolute Gasteiger partial charge is 0.313 e. The number of hydrogen-bond acceptors (Lipinski definition) is 4. The predicted molar refractivity (Wildman–Crippen MR) is 90.4 cm³/mol.